The molecule has 0 fully saturated rings. The maximum atomic E-state index is 13.1. The van der Waals surface area contributed by atoms with Gasteiger partial charge in [0.2, 0.25) is 0 Å². The van der Waals surface area contributed by atoms with Crippen LogP contribution in [0.3, 0.4) is 0 Å². The monoisotopic (exact) mass is 319 g/mol. The van der Waals surface area contributed by atoms with Crippen LogP contribution in [0.15, 0.2) is 29.2 Å². The number of sulfone groups is 1. The minimum Gasteiger partial charge on any atom is -0.316 e. The molecule has 0 bridgehead atoms. The molecule has 0 spiro atoms. The van der Waals surface area contributed by atoms with Crippen LogP contribution >= 0.6 is 11.8 Å². The largest absolute Gasteiger partial charge is 0.316 e. The molecule has 0 aliphatic rings. The van der Waals surface area contributed by atoms with Gasteiger partial charge in [0, 0.05) is 22.4 Å². The molecule has 6 heteroatoms. The lowest BCUT2D eigenvalue weighted by Crippen LogP contribution is -2.28. The first kappa shape index (κ1) is 17.5. The van der Waals surface area contributed by atoms with E-state index in [2.05, 4.69) is 5.32 Å². The van der Waals surface area contributed by atoms with Crippen molar-refractivity contribution < 1.29 is 12.8 Å². The molecule has 0 saturated heterocycles. The summed E-state index contributed by atoms with van der Waals surface area (Å²) in [6.07, 6.45) is 1.46. The summed E-state index contributed by atoms with van der Waals surface area (Å²) in [7, 11) is -1.01. The van der Waals surface area contributed by atoms with E-state index < -0.39 is 9.84 Å². The molecule has 0 amide bonds. The average molecular weight is 319 g/mol. The van der Waals surface area contributed by atoms with Crippen LogP contribution in [0.5, 0.6) is 0 Å². The van der Waals surface area contributed by atoms with E-state index in [4.69, 9.17) is 0 Å². The van der Waals surface area contributed by atoms with E-state index in [0.717, 1.165) is 17.1 Å². The molecule has 0 saturated carbocycles. The molecule has 3 nitrogen and oxygen atoms in total. The smallest absolute Gasteiger partial charge is 0.150 e. The molecule has 1 aromatic rings. The quantitative estimate of drug-likeness (QED) is 0.711. The van der Waals surface area contributed by atoms with E-state index in [0.29, 0.717) is 6.42 Å². The first-order valence-electron chi connectivity index (χ1n) is 6.73. The predicted molar refractivity (Wildman–Crippen MR) is 83.5 cm³/mol. The summed E-state index contributed by atoms with van der Waals surface area (Å²) in [5.41, 5.74) is 0. The van der Waals surface area contributed by atoms with E-state index in [1.165, 1.54) is 12.1 Å². The minimum atomic E-state index is -2.88. The van der Waals surface area contributed by atoms with Gasteiger partial charge in [-0.2, -0.15) is 0 Å². The number of nitrogens with one attached hydrogen (secondary N) is 1. The van der Waals surface area contributed by atoms with E-state index >= 15 is 0 Å². The first-order chi connectivity index (χ1) is 9.46. The lowest BCUT2D eigenvalue weighted by molar-refractivity contribution is 0.554. The van der Waals surface area contributed by atoms with Gasteiger partial charge in [-0.05, 0) is 38.1 Å². The van der Waals surface area contributed by atoms with Gasteiger partial charge in [0.05, 0.1) is 5.75 Å². The molecule has 1 atom stereocenters. The summed E-state index contributed by atoms with van der Waals surface area (Å²) in [4.78, 5) is 0.895. The fourth-order valence-electron chi connectivity index (χ4n) is 1.76. The van der Waals surface area contributed by atoms with Crippen LogP contribution in [0.1, 0.15) is 19.8 Å². The van der Waals surface area contributed by atoms with Gasteiger partial charge in [0.25, 0.3) is 0 Å². The number of rotatable bonds is 9. The number of hydrogen-bond donors (Lipinski definition) is 1. The highest BCUT2D eigenvalue weighted by molar-refractivity contribution is 7.99. The van der Waals surface area contributed by atoms with Gasteiger partial charge >= 0.3 is 0 Å². The second kappa shape index (κ2) is 8.64. The van der Waals surface area contributed by atoms with Crippen molar-refractivity contribution in [2.24, 2.45) is 0 Å². The zero-order valence-electron chi connectivity index (χ0n) is 11.9. The van der Waals surface area contributed by atoms with Crippen molar-refractivity contribution in [2.45, 2.75) is 30.7 Å². The van der Waals surface area contributed by atoms with Gasteiger partial charge in [-0.3, -0.25) is 0 Å². The Morgan fingerprint density at radius 2 is 2.15 bits per heavy atom. The Balaban J connectivity index is 2.36. The molecule has 0 aromatic heterocycles. The summed E-state index contributed by atoms with van der Waals surface area (Å²) in [6, 6.07) is 6.74. The Kier molecular flexibility index (Phi) is 7.55. The van der Waals surface area contributed by atoms with E-state index in [-0.39, 0.29) is 23.4 Å². The SMILES string of the molecule is CCS(=O)(=O)CCCC(CSc1cccc(F)c1)NC. The highest BCUT2D eigenvalue weighted by Crippen LogP contribution is 2.20. The molecule has 0 radical (unpaired) electrons. The van der Waals surface area contributed by atoms with Crippen LogP contribution in [0.4, 0.5) is 4.39 Å². The number of benzene rings is 1. The molecule has 0 heterocycles. The molecule has 114 valence electrons. The molecule has 20 heavy (non-hydrogen) atoms. The zero-order chi connectivity index (χ0) is 15.0. The predicted octanol–water partition coefficient (Wildman–Crippen LogP) is 2.72. The van der Waals surface area contributed by atoms with Crippen molar-refractivity contribution in [2.75, 3.05) is 24.3 Å². The van der Waals surface area contributed by atoms with Gasteiger partial charge in [-0.1, -0.05) is 13.0 Å². The highest BCUT2D eigenvalue weighted by Gasteiger charge is 2.11. The Morgan fingerprint density at radius 1 is 1.40 bits per heavy atom. The number of thioether (sulfide) groups is 1. The van der Waals surface area contributed by atoms with E-state index in [1.807, 2.05) is 13.1 Å². The second-order valence-corrected chi connectivity index (χ2v) is 8.20. The minimum absolute atomic E-state index is 0.204. The second-order valence-electron chi connectivity index (χ2n) is 4.63. The van der Waals surface area contributed by atoms with Crippen molar-refractivity contribution in [1.82, 2.24) is 5.32 Å². The van der Waals surface area contributed by atoms with Crippen LogP contribution < -0.4 is 5.32 Å². The molecule has 1 rings (SSSR count). The van der Waals surface area contributed by atoms with E-state index in [9.17, 15) is 12.8 Å². The van der Waals surface area contributed by atoms with E-state index in [1.54, 1.807) is 24.8 Å². The van der Waals surface area contributed by atoms with Crippen LogP contribution in [0, 0.1) is 5.82 Å². The third-order valence-electron chi connectivity index (χ3n) is 3.10. The van der Waals surface area contributed by atoms with Gasteiger partial charge in [-0.25, -0.2) is 12.8 Å². The Morgan fingerprint density at radius 3 is 2.75 bits per heavy atom. The third-order valence-corrected chi connectivity index (χ3v) is 6.05. The Bertz CT molecular complexity index is 506. The molecule has 1 unspecified atom stereocenters. The maximum absolute atomic E-state index is 13.1. The summed E-state index contributed by atoms with van der Waals surface area (Å²) in [5, 5.41) is 3.18. The van der Waals surface area contributed by atoms with Crippen LogP contribution in [0.2, 0.25) is 0 Å². The summed E-state index contributed by atoms with van der Waals surface area (Å²) < 4.78 is 35.9. The summed E-state index contributed by atoms with van der Waals surface area (Å²) in [5.74, 6) is 1.01. The van der Waals surface area contributed by atoms with Crippen molar-refractivity contribution in [3.05, 3.63) is 30.1 Å². The molecular formula is C14H22FNO2S2. The Hall–Kier alpha value is -0.590. The van der Waals surface area contributed by atoms with Gasteiger partial charge < -0.3 is 5.32 Å². The lowest BCUT2D eigenvalue weighted by Gasteiger charge is -2.15. The topological polar surface area (TPSA) is 46.2 Å². The van der Waals surface area contributed by atoms with Crippen molar-refractivity contribution in [3.63, 3.8) is 0 Å². The van der Waals surface area contributed by atoms with Gasteiger partial charge in [0.1, 0.15) is 15.7 Å². The molecule has 1 aromatic carbocycles. The fourth-order valence-corrected chi connectivity index (χ4v) is 3.75. The van der Waals surface area contributed by atoms with Crippen LogP contribution in [-0.2, 0) is 9.84 Å². The lowest BCUT2D eigenvalue weighted by atomic mass is 10.2. The summed E-state index contributed by atoms with van der Waals surface area (Å²) in [6.45, 7) is 1.67. The summed E-state index contributed by atoms with van der Waals surface area (Å²) >= 11 is 1.58. The van der Waals surface area contributed by atoms with Crippen LogP contribution in [-0.4, -0.2) is 38.8 Å². The molecule has 1 N–H and O–H groups in total. The normalized spacial score (nSPS) is 13.3. The maximum Gasteiger partial charge on any atom is 0.150 e. The van der Waals surface area contributed by atoms with Crippen LogP contribution in [0.25, 0.3) is 0 Å². The van der Waals surface area contributed by atoms with Crippen molar-refractivity contribution in [1.29, 1.82) is 0 Å². The zero-order valence-corrected chi connectivity index (χ0v) is 13.6. The number of hydrogen-bond acceptors (Lipinski definition) is 4. The van der Waals surface area contributed by atoms with Gasteiger partial charge in [-0.15, -0.1) is 11.8 Å². The van der Waals surface area contributed by atoms with Gasteiger partial charge in [0.15, 0.2) is 0 Å². The molecular weight excluding hydrogens is 297 g/mol. The van der Waals surface area contributed by atoms with Crippen molar-refractivity contribution in [3.8, 4) is 0 Å². The number of halogens is 1. The fraction of sp³-hybridized carbons (Fsp3) is 0.571. The molecule has 0 aliphatic carbocycles. The third kappa shape index (κ3) is 6.72. The average Bonchev–Trinajstić information content (AvgIpc) is 2.42. The standard InChI is InChI=1S/C14H22FNO2S2/c1-3-20(17,18)9-5-7-13(16-2)11-19-14-8-4-6-12(15)10-14/h4,6,8,10,13,16H,3,5,7,9,11H2,1-2H3. The highest BCUT2D eigenvalue weighted by atomic mass is 32.2. The Labute approximate surface area is 125 Å². The first-order valence-corrected chi connectivity index (χ1v) is 9.53. The molecule has 0 aliphatic heterocycles. The van der Waals surface area contributed by atoms with Crippen molar-refractivity contribution >= 4 is 21.6 Å².